The molecule has 0 aromatic carbocycles. The molecular formula is C15H28. The molecule has 0 saturated heterocycles. The van der Waals surface area contributed by atoms with E-state index < -0.39 is 0 Å². The minimum Gasteiger partial charge on any atom is -0.0654 e. The highest BCUT2D eigenvalue weighted by Gasteiger charge is 2.85. The molecule has 0 radical (unpaired) electrons. The van der Waals surface area contributed by atoms with Gasteiger partial charge in [-0.25, -0.2) is 0 Å². The maximum atomic E-state index is 2.53. The Labute approximate surface area is 95.8 Å². The summed E-state index contributed by atoms with van der Waals surface area (Å²) < 4.78 is 0. The zero-order chi connectivity index (χ0) is 10.9. The molecule has 0 aromatic rings. The van der Waals surface area contributed by atoms with Gasteiger partial charge in [0.05, 0.1) is 0 Å². The Hall–Kier alpha value is 0. The van der Waals surface area contributed by atoms with Crippen LogP contribution in [0, 0.1) is 16.7 Å². The summed E-state index contributed by atoms with van der Waals surface area (Å²) in [6.45, 7) is 7.20. The van der Waals surface area contributed by atoms with Crippen molar-refractivity contribution in [1.82, 2.24) is 0 Å². The number of unbranched alkanes of at least 4 members (excludes halogenated alkanes) is 5. The molecule has 0 heteroatoms. The predicted molar refractivity (Wildman–Crippen MR) is 66.9 cm³/mol. The molecule has 0 amide bonds. The average molecular weight is 208 g/mol. The third kappa shape index (κ3) is 1.74. The van der Waals surface area contributed by atoms with Crippen LogP contribution in [0.1, 0.15) is 78.6 Å². The van der Waals surface area contributed by atoms with Crippen LogP contribution in [-0.4, -0.2) is 0 Å². The Morgan fingerprint density at radius 1 is 1.00 bits per heavy atom. The molecular weight excluding hydrogens is 180 g/mol. The van der Waals surface area contributed by atoms with Crippen molar-refractivity contribution in [2.75, 3.05) is 0 Å². The fraction of sp³-hybridized carbons (Fsp3) is 1.00. The van der Waals surface area contributed by atoms with E-state index in [0.29, 0.717) is 0 Å². The third-order valence-electron chi connectivity index (χ3n) is 5.43. The number of hydrogen-bond acceptors (Lipinski definition) is 0. The smallest absolute Gasteiger partial charge is 0.0201 e. The minimum atomic E-state index is 0.825. The highest BCUT2D eigenvalue weighted by atomic mass is 14.9. The molecule has 0 aliphatic heterocycles. The fourth-order valence-corrected chi connectivity index (χ4v) is 4.29. The second kappa shape index (κ2) is 4.11. The molecule has 0 heterocycles. The van der Waals surface area contributed by atoms with Gasteiger partial charge < -0.3 is 0 Å². The van der Waals surface area contributed by atoms with Crippen LogP contribution in [0.15, 0.2) is 0 Å². The topological polar surface area (TPSA) is 0 Å². The quantitative estimate of drug-likeness (QED) is 0.482. The van der Waals surface area contributed by atoms with Crippen molar-refractivity contribution in [3.05, 3.63) is 0 Å². The number of fused-ring (bicyclic) bond motifs is 1. The maximum absolute atomic E-state index is 2.53. The van der Waals surface area contributed by atoms with E-state index >= 15 is 0 Å². The van der Waals surface area contributed by atoms with E-state index in [2.05, 4.69) is 20.8 Å². The Morgan fingerprint density at radius 2 is 1.67 bits per heavy atom. The van der Waals surface area contributed by atoms with E-state index in [1.54, 1.807) is 12.8 Å². The zero-order valence-electron chi connectivity index (χ0n) is 10.9. The van der Waals surface area contributed by atoms with Crippen LogP contribution in [-0.2, 0) is 0 Å². The Morgan fingerprint density at radius 3 is 2.20 bits per heavy atom. The molecule has 0 N–H and O–H groups in total. The minimum absolute atomic E-state index is 0.825. The molecule has 0 spiro atoms. The lowest BCUT2D eigenvalue weighted by molar-refractivity contribution is 0.410. The van der Waals surface area contributed by atoms with Crippen molar-refractivity contribution in [3.63, 3.8) is 0 Å². The van der Waals surface area contributed by atoms with Gasteiger partial charge in [-0.3, -0.25) is 0 Å². The van der Waals surface area contributed by atoms with Gasteiger partial charge >= 0.3 is 0 Å². The molecule has 2 fully saturated rings. The molecule has 3 atom stereocenters. The maximum Gasteiger partial charge on any atom is -0.0201 e. The van der Waals surface area contributed by atoms with Gasteiger partial charge in [0.25, 0.3) is 0 Å². The molecule has 2 aliphatic carbocycles. The zero-order valence-corrected chi connectivity index (χ0v) is 10.9. The highest BCUT2D eigenvalue weighted by molar-refractivity contribution is 5.33. The molecule has 0 nitrogen and oxygen atoms in total. The van der Waals surface area contributed by atoms with Crippen molar-refractivity contribution in [3.8, 4) is 0 Å². The van der Waals surface area contributed by atoms with Gasteiger partial charge in [-0.1, -0.05) is 65.7 Å². The second-order valence-corrected chi connectivity index (χ2v) is 6.23. The molecule has 3 unspecified atom stereocenters. The lowest BCUT2D eigenvalue weighted by Crippen LogP contribution is -1.99. The van der Waals surface area contributed by atoms with Gasteiger partial charge in [-0.15, -0.1) is 0 Å². The van der Waals surface area contributed by atoms with Crippen LogP contribution in [0.2, 0.25) is 0 Å². The Balaban J connectivity index is 1.53. The summed E-state index contributed by atoms with van der Waals surface area (Å²) in [4.78, 5) is 0. The largest absolute Gasteiger partial charge is 0.0654 e. The molecule has 0 aromatic heterocycles. The van der Waals surface area contributed by atoms with Crippen LogP contribution in [0.5, 0.6) is 0 Å². The van der Waals surface area contributed by atoms with Gasteiger partial charge in [0.1, 0.15) is 0 Å². The Bertz CT molecular complexity index is 220. The number of hydrogen-bond donors (Lipinski definition) is 0. The fourth-order valence-electron chi connectivity index (χ4n) is 4.29. The van der Waals surface area contributed by atoms with Crippen LogP contribution >= 0.6 is 0 Å². The molecule has 88 valence electrons. The first kappa shape index (κ1) is 11.5. The summed E-state index contributed by atoms with van der Waals surface area (Å²) in [5.41, 5.74) is 1.69. The van der Waals surface area contributed by atoms with Crippen LogP contribution < -0.4 is 0 Å². The first-order valence-electron chi connectivity index (χ1n) is 7.21. The van der Waals surface area contributed by atoms with E-state index in [1.165, 1.54) is 44.9 Å². The lowest BCUT2D eigenvalue weighted by atomic mass is 9.95. The molecule has 2 rings (SSSR count). The van der Waals surface area contributed by atoms with Crippen LogP contribution in [0.25, 0.3) is 0 Å². The third-order valence-corrected chi connectivity index (χ3v) is 5.43. The van der Waals surface area contributed by atoms with Crippen LogP contribution in [0.4, 0.5) is 0 Å². The monoisotopic (exact) mass is 208 g/mol. The summed E-state index contributed by atoms with van der Waals surface area (Å²) in [5, 5.41) is 0. The Kier molecular flexibility index (Phi) is 3.14. The molecule has 2 aliphatic rings. The lowest BCUT2D eigenvalue weighted by Gasteiger charge is -2.10. The van der Waals surface area contributed by atoms with Gasteiger partial charge in [-0.2, -0.15) is 0 Å². The summed E-state index contributed by atoms with van der Waals surface area (Å²) in [6, 6.07) is 0. The summed E-state index contributed by atoms with van der Waals surface area (Å²) in [6.07, 6.45) is 13.3. The van der Waals surface area contributed by atoms with E-state index in [9.17, 15) is 0 Å². The summed E-state index contributed by atoms with van der Waals surface area (Å²) in [5.74, 6) is 1.11. The van der Waals surface area contributed by atoms with E-state index in [4.69, 9.17) is 0 Å². The van der Waals surface area contributed by atoms with Crippen molar-refractivity contribution in [2.24, 2.45) is 16.7 Å². The van der Waals surface area contributed by atoms with Crippen molar-refractivity contribution >= 4 is 0 Å². The predicted octanol–water partition coefficient (Wildman–Crippen LogP) is 5.17. The van der Waals surface area contributed by atoms with E-state index in [0.717, 1.165) is 16.7 Å². The average Bonchev–Trinajstić information content (AvgIpc) is 2.96. The van der Waals surface area contributed by atoms with Gasteiger partial charge in [0.2, 0.25) is 0 Å². The van der Waals surface area contributed by atoms with Crippen molar-refractivity contribution in [2.45, 2.75) is 78.6 Å². The number of rotatable bonds is 8. The van der Waals surface area contributed by atoms with E-state index in [1.807, 2.05) is 0 Å². The SMILES string of the molecule is CCCCCCCCC12CC1(C)C2CC. The standard InChI is InChI=1S/C15H28/c1-4-6-7-8-9-10-11-15-12-14(15,3)13(15)5-2/h13H,4-12H2,1-3H3. The van der Waals surface area contributed by atoms with Crippen molar-refractivity contribution in [1.29, 1.82) is 0 Å². The summed E-state index contributed by atoms with van der Waals surface area (Å²) in [7, 11) is 0. The first-order chi connectivity index (χ1) is 7.21. The molecule has 15 heavy (non-hydrogen) atoms. The highest BCUT2D eigenvalue weighted by Crippen LogP contribution is 2.92. The normalized spacial score (nSPS) is 41.4. The molecule has 2 saturated carbocycles. The van der Waals surface area contributed by atoms with Gasteiger partial charge in [-0.05, 0) is 29.6 Å². The van der Waals surface area contributed by atoms with Crippen molar-refractivity contribution < 1.29 is 0 Å². The summed E-state index contributed by atoms with van der Waals surface area (Å²) >= 11 is 0. The molecule has 0 bridgehead atoms. The van der Waals surface area contributed by atoms with E-state index in [-0.39, 0.29) is 0 Å². The second-order valence-electron chi connectivity index (χ2n) is 6.23. The van der Waals surface area contributed by atoms with Crippen LogP contribution in [0.3, 0.4) is 0 Å². The van der Waals surface area contributed by atoms with Gasteiger partial charge in [0.15, 0.2) is 0 Å². The van der Waals surface area contributed by atoms with Gasteiger partial charge in [0, 0.05) is 0 Å². The first-order valence-corrected chi connectivity index (χ1v) is 7.21.